The second-order valence-electron chi connectivity index (χ2n) is 11.0. The topological polar surface area (TPSA) is 37.3 Å². The normalized spacial score (nSPS) is 51.8. The number of carbonyl (C=O) groups excluding carboxylic acids is 1. The number of aliphatic hydroxyl groups excluding tert-OH is 1. The summed E-state index contributed by atoms with van der Waals surface area (Å²) in [7, 11) is 0. The summed E-state index contributed by atoms with van der Waals surface area (Å²) in [6, 6.07) is 0. The summed E-state index contributed by atoms with van der Waals surface area (Å²) in [5.41, 5.74) is 1.01. The van der Waals surface area contributed by atoms with Crippen molar-refractivity contribution >= 4 is 6.29 Å². The third kappa shape index (κ3) is 2.81. The van der Waals surface area contributed by atoms with Gasteiger partial charge >= 0.3 is 0 Å². The molecule has 0 aromatic rings. The number of hydrogen-bond donors (Lipinski definition) is 1. The lowest BCUT2D eigenvalue weighted by atomic mass is 9.44. The SMILES string of the molecule is C[C@H](CCC=O)[C@H]1CCC2C3CCC4C[C@H](O)CCC4(C)C3CCC21C. The molecule has 4 saturated carbocycles. The van der Waals surface area contributed by atoms with Crippen LogP contribution in [0.1, 0.15) is 91.4 Å². The van der Waals surface area contributed by atoms with Gasteiger partial charge in [0.1, 0.15) is 6.29 Å². The summed E-state index contributed by atoms with van der Waals surface area (Å²) in [5, 5.41) is 10.2. The van der Waals surface area contributed by atoms with E-state index in [4.69, 9.17) is 0 Å². The molecule has 0 aromatic carbocycles. The van der Waals surface area contributed by atoms with Crippen LogP contribution >= 0.6 is 0 Å². The molecule has 0 heterocycles. The largest absolute Gasteiger partial charge is 0.393 e. The average Bonchev–Trinajstić information content (AvgIpc) is 2.97. The number of hydrogen-bond acceptors (Lipinski definition) is 2. The Balaban J connectivity index is 1.53. The molecule has 0 radical (unpaired) electrons. The summed E-state index contributed by atoms with van der Waals surface area (Å²) >= 11 is 0. The zero-order valence-corrected chi connectivity index (χ0v) is 17.3. The molecular weight excluding hydrogens is 320 g/mol. The van der Waals surface area contributed by atoms with E-state index in [-0.39, 0.29) is 6.10 Å². The van der Waals surface area contributed by atoms with E-state index in [0.717, 1.165) is 61.6 Å². The molecule has 9 atom stereocenters. The van der Waals surface area contributed by atoms with Crippen LogP contribution in [0.2, 0.25) is 0 Å². The Labute approximate surface area is 160 Å². The van der Waals surface area contributed by atoms with Crippen LogP contribution in [0.25, 0.3) is 0 Å². The lowest BCUT2D eigenvalue weighted by Crippen LogP contribution is -2.54. The molecule has 0 saturated heterocycles. The summed E-state index contributed by atoms with van der Waals surface area (Å²) in [6.45, 7) is 7.61. The molecule has 1 N–H and O–H groups in total. The number of rotatable bonds is 4. The van der Waals surface area contributed by atoms with Gasteiger partial charge in [-0.05, 0) is 111 Å². The number of aldehydes is 1. The summed E-state index contributed by atoms with van der Waals surface area (Å²) < 4.78 is 0. The van der Waals surface area contributed by atoms with Crippen LogP contribution in [0, 0.1) is 46.3 Å². The van der Waals surface area contributed by atoms with E-state index < -0.39 is 0 Å². The van der Waals surface area contributed by atoms with Gasteiger partial charge in [-0.25, -0.2) is 0 Å². The van der Waals surface area contributed by atoms with Crippen LogP contribution in [-0.4, -0.2) is 17.5 Å². The first-order valence-corrected chi connectivity index (χ1v) is 11.5. The van der Waals surface area contributed by atoms with Gasteiger partial charge < -0.3 is 9.90 Å². The lowest BCUT2D eigenvalue weighted by molar-refractivity contribution is -0.129. The van der Waals surface area contributed by atoms with Crippen LogP contribution in [0.3, 0.4) is 0 Å². The Bertz CT molecular complexity index is 530. The van der Waals surface area contributed by atoms with E-state index >= 15 is 0 Å². The maximum Gasteiger partial charge on any atom is 0.120 e. The van der Waals surface area contributed by atoms with E-state index in [1.165, 1.54) is 44.9 Å². The average molecular weight is 361 g/mol. The van der Waals surface area contributed by atoms with Gasteiger partial charge in [0.15, 0.2) is 0 Å². The smallest absolute Gasteiger partial charge is 0.120 e. The molecule has 0 bridgehead atoms. The zero-order chi connectivity index (χ0) is 18.5. The minimum Gasteiger partial charge on any atom is -0.393 e. The van der Waals surface area contributed by atoms with Crippen molar-refractivity contribution in [1.29, 1.82) is 0 Å². The highest BCUT2D eigenvalue weighted by Gasteiger charge is 2.60. The zero-order valence-electron chi connectivity index (χ0n) is 17.3. The molecule has 0 amide bonds. The van der Waals surface area contributed by atoms with E-state index in [0.29, 0.717) is 16.7 Å². The highest BCUT2D eigenvalue weighted by Crippen LogP contribution is 2.68. The molecule has 0 spiro atoms. The van der Waals surface area contributed by atoms with Crippen LogP contribution in [0.4, 0.5) is 0 Å². The highest BCUT2D eigenvalue weighted by atomic mass is 16.3. The number of aliphatic hydroxyl groups is 1. The summed E-state index contributed by atoms with van der Waals surface area (Å²) in [5.74, 6) is 5.02. The van der Waals surface area contributed by atoms with Crippen molar-refractivity contribution in [3.8, 4) is 0 Å². The number of fused-ring (bicyclic) bond motifs is 5. The van der Waals surface area contributed by atoms with Crippen LogP contribution in [-0.2, 0) is 4.79 Å². The van der Waals surface area contributed by atoms with Gasteiger partial charge in [-0.15, -0.1) is 0 Å². The molecule has 4 fully saturated rings. The van der Waals surface area contributed by atoms with E-state index in [2.05, 4.69) is 20.8 Å². The first-order chi connectivity index (χ1) is 12.4. The molecular formula is C24H40O2. The molecule has 4 rings (SSSR count). The van der Waals surface area contributed by atoms with E-state index in [9.17, 15) is 9.90 Å². The number of carbonyl (C=O) groups is 1. The maximum absolute atomic E-state index is 10.8. The van der Waals surface area contributed by atoms with Crippen molar-refractivity contribution in [3.63, 3.8) is 0 Å². The Morgan fingerprint density at radius 2 is 1.73 bits per heavy atom. The second kappa shape index (κ2) is 6.90. The lowest BCUT2D eigenvalue weighted by Gasteiger charge is -2.61. The van der Waals surface area contributed by atoms with Gasteiger partial charge in [0.05, 0.1) is 6.10 Å². The monoisotopic (exact) mass is 360 g/mol. The van der Waals surface area contributed by atoms with Crippen LogP contribution in [0.5, 0.6) is 0 Å². The van der Waals surface area contributed by atoms with Gasteiger partial charge in [0.25, 0.3) is 0 Å². The van der Waals surface area contributed by atoms with Crippen molar-refractivity contribution in [2.24, 2.45) is 46.3 Å². The highest BCUT2D eigenvalue weighted by molar-refractivity contribution is 5.49. The van der Waals surface area contributed by atoms with Crippen molar-refractivity contribution in [2.75, 3.05) is 0 Å². The van der Waals surface area contributed by atoms with Crippen molar-refractivity contribution < 1.29 is 9.90 Å². The molecule has 0 aliphatic heterocycles. The minimum absolute atomic E-state index is 0.0342. The van der Waals surface area contributed by atoms with Gasteiger partial charge in [-0.2, -0.15) is 0 Å². The molecule has 26 heavy (non-hydrogen) atoms. The van der Waals surface area contributed by atoms with E-state index in [1.54, 1.807) is 0 Å². The van der Waals surface area contributed by atoms with Gasteiger partial charge in [-0.3, -0.25) is 0 Å². The Morgan fingerprint density at radius 3 is 2.50 bits per heavy atom. The molecule has 6 unspecified atom stereocenters. The molecule has 2 heteroatoms. The third-order valence-corrected chi connectivity index (χ3v) is 10.1. The van der Waals surface area contributed by atoms with Crippen molar-refractivity contribution in [2.45, 2.75) is 97.5 Å². The molecule has 2 nitrogen and oxygen atoms in total. The molecule has 0 aromatic heterocycles. The Kier molecular flexibility index (Phi) is 5.04. The molecule has 4 aliphatic rings. The van der Waals surface area contributed by atoms with Gasteiger partial charge in [0.2, 0.25) is 0 Å². The maximum atomic E-state index is 10.8. The Hall–Kier alpha value is -0.370. The van der Waals surface area contributed by atoms with Gasteiger partial charge in [0, 0.05) is 6.42 Å². The van der Waals surface area contributed by atoms with Crippen LogP contribution < -0.4 is 0 Å². The fraction of sp³-hybridized carbons (Fsp3) is 0.958. The predicted molar refractivity (Wildman–Crippen MR) is 106 cm³/mol. The van der Waals surface area contributed by atoms with Crippen molar-refractivity contribution in [3.05, 3.63) is 0 Å². The fourth-order valence-electron chi connectivity index (χ4n) is 8.74. The molecule has 4 aliphatic carbocycles. The first-order valence-electron chi connectivity index (χ1n) is 11.5. The van der Waals surface area contributed by atoms with Gasteiger partial charge in [-0.1, -0.05) is 20.8 Å². The Morgan fingerprint density at radius 1 is 1.00 bits per heavy atom. The first kappa shape index (κ1) is 19.0. The van der Waals surface area contributed by atoms with E-state index in [1.807, 2.05) is 0 Å². The molecule has 148 valence electrons. The minimum atomic E-state index is -0.0342. The predicted octanol–water partition coefficient (Wildman–Crippen LogP) is 5.62. The van der Waals surface area contributed by atoms with Crippen molar-refractivity contribution in [1.82, 2.24) is 0 Å². The quantitative estimate of drug-likeness (QED) is 0.661. The standard InChI is InChI=1S/C24H40O2/c1-16(5-4-14-25)20-8-9-21-19-7-6-17-15-18(26)10-12-23(17,2)22(19)11-13-24(20,21)3/h14,16-22,26H,4-13,15H2,1-3H3/t16-,17?,18-,19?,20-,21?,22?,23?,24?/m1/s1. The fourth-order valence-corrected chi connectivity index (χ4v) is 8.74. The third-order valence-electron chi connectivity index (χ3n) is 10.1. The second-order valence-corrected chi connectivity index (χ2v) is 11.0. The summed E-state index contributed by atoms with van der Waals surface area (Å²) in [6.07, 6.45) is 14.7. The van der Waals surface area contributed by atoms with Crippen LogP contribution in [0.15, 0.2) is 0 Å². The summed E-state index contributed by atoms with van der Waals surface area (Å²) in [4.78, 5) is 10.8.